The number of rotatable bonds is 1. The van der Waals surface area contributed by atoms with Crippen molar-refractivity contribution in [3.05, 3.63) is 37.4 Å². The summed E-state index contributed by atoms with van der Waals surface area (Å²) in [6.45, 7) is 6.00. The third-order valence-corrected chi connectivity index (χ3v) is 1.11. The number of halogens is 3. The molecule has 1 aromatic rings. The number of hydrogen-bond donors (Lipinski definition) is 1. The average molecular weight is 205 g/mol. The van der Waals surface area contributed by atoms with Gasteiger partial charge in [-0.2, -0.15) is 0 Å². The van der Waals surface area contributed by atoms with Crippen LogP contribution in [0.25, 0.3) is 0 Å². The van der Waals surface area contributed by atoms with Gasteiger partial charge < -0.3 is 10.5 Å². The Kier molecular flexibility index (Phi) is 4.55. The Balaban J connectivity index is 0.000000791. The highest BCUT2D eigenvalue weighted by Crippen LogP contribution is 2.22. The highest BCUT2D eigenvalue weighted by Gasteiger charge is 2.30. The van der Waals surface area contributed by atoms with Gasteiger partial charge in [0.25, 0.3) is 0 Å². The van der Waals surface area contributed by atoms with E-state index in [1.54, 1.807) is 0 Å². The van der Waals surface area contributed by atoms with Crippen LogP contribution >= 0.6 is 0 Å². The van der Waals surface area contributed by atoms with Crippen LogP contribution in [-0.4, -0.2) is 6.36 Å². The first-order valence-corrected chi connectivity index (χ1v) is 3.59. The van der Waals surface area contributed by atoms with Gasteiger partial charge in [-0.15, -0.1) is 26.3 Å². The molecule has 0 heterocycles. The average Bonchev–Trinajstić information content (AvgIpc) is 2.10. The summed E-state index contributed by atoms with van der Waals surface area (Å²) in [5.74, 6) is -0.267. The van der Waals surface area contributed by atoms with Crippen molar-refractivity contribution in [2.24, 2.45) is 0 Å². The van der Waals surface area contributed by atoms with Gasteiger partial charge in [-0.3, -0.25) is 0 Å². The van der Waals surface area contributed by atoms with Crippen LogP contribution in [0.2, 0.25) is 0 Å². The van der Waals surface area contributed by atoms with Gasteiger partial charge in [0.2, 0.25) is 0 Å². The van der Waals surface area contributed by atoms with E-state index in [-0.39, 0.29) is 5.75 Å². The second-order valence-electron chi connectivity index (χ2n) is 2.12. The molecule has 1 aromatic carbocycles. The van der Waals surface area contributed by atoms with Crippen molar-refractivity contribution < 1.29 is 17.9 Å². The van der Waals surface area contributed by atoms with Gasteiger partial charge in [0.05, 0.1) is 0 Å². The second-order valence-corrected chi connectivity index (χ2v) is 2.12. The molecule has 0 aromatic heterocycles. The maximum Gasteiger partial charge on any atom is 0.573 e. The maximum atomic E-state index is 11.6. The third-order valence-electron chi connectivity index (χ3n) is 1.11. The van der Waals surface area contributed by atoms with Crippen molar-refractivity contribution in [1.82, 2.24) is 0 Å². The maximum absolute atomic E-state index is 11.6. The predicted octanol–water partition coefficient (Wildman–Crippen LogP) is 2.97. The molecule has 0 spiro atoms. The normalized spacial score (nSPS) is 9.93. The minimum absolute atomic E-state index is 0.267. The van der Waals surface area contributed by atoms with Crippen molar-refractivity contribution in [2.45, 2.75) is 6.36 Å². The van der Waals surface area contributed by atoms with Crippen LogP contribution < -0.4 is 10.5 Å². The zero-order valence-electron chi connectivity index (χ0n) is 7.34. The molecule has 0 fully saturated rings. The van der Waals surface area contributed by atoms with Crippen molar-refractivity contribution >= 4 is 5.69 Å². The number of benzene rings is 1. The monoisotopic (exact) mass is 205 g/mol. The summed E-state index contributed by atoms with van der Waals surface area (Å²) in [6, 6.07) is 4.98. The summed E-state index contributed by atoms with van der Waals surface area (Å²) < 4.78 is 38.4. The number of nitrogens with two attached hydrogens (primary N) is 1. The largest absolute Gasteiger partial charge is 0.573 e. The number of alkyl halides is 3. The molecule has 0 amide bonds. The Bertz CT molecular complexity index is 268. The van der Waals surface area contributed by atoms with Crippen LogP contribution in [0.4, 0.5) is 18.9 Å². The van der Waals surface area contributed by atoms with E-state index in [2.05, 4.69) is 17.9 Å². The molecule has 0 radical (unpaired) electrons. The van der Waals surface area contributed by atoms with E-state index in [0.29, 0.717) is 5.69 Å². The highest BCUT2D eigenvalue weighted by atomic mass is 19.4. The summed E-state index contributed by atoms with van der Waals surface area (Å²) in [7, 11) is 0. The Morgan fingerprint density at radius 1 is 1.07 bits per heavy atom. The number of anilines is 1. The number of ether oxygens (including phenoxy) is 1. The van der Waals surface area contributed by atoms with Gasteiger partial charge in [-0.25, -0.2) is 0 Å². The molecular formula is C9H10F3NO. The van der Waals surface area contributed by atoms with E-state index in [0.717, 1.165) is 12.1 Å². The zero-order valence-corrected chi connectivity index (χ0v) is 7.34. The number of hydrogen-bond acceptors (Lipinski definition) is 2. The fraction of sp³-hybridized carbons (Fsp3) is 0.111. The molecular weight excluding hydrogens is 195 g/mol. The smallest absolute Gasteiger partial charge is 0.406 e. The van der Waals surface area contributed by atoms with Gasteiger partial charge in [-0.1, -0.05) is 0 Å². The Morgan fingerprint density at radius 3 is 1.86 bits per heavy atom. The first-order valence-electron chi connectivity index (χ1n) is 3.59. The van der Waals surface area contributed by atoms with Crippen LogP contribution in [0.3, 0.4) is 0 Å². The molecule has 0 aliphatic heterocycles. The summed E-state index contributed by atoms with van der Waals surface area (Å²) in [6.07, 6.45) is -4.64. The summed E-state index contributed by atoms with van der Waals surface area (Å²) in [4.78, 5) is 0. The third kappa shape index (κ3) is 5.08. The summed E-state index contributed by atoms with van der Waals surface area (Å²) in [5, 5.41) is 0. The van der Waals surface area contributed by atoms with Crippen LogP contribution in [0.5, 0.6) is 5.75 Å². The van der Waals surface area contributed by atoms with E-state index >= 15 is 0 Å². The molecule has 0 bridgehead atoms. The van der Waals surface area contributed by atoms with Gasteiger partial charge in [0.1, 0.15) is 5.75 Å². The van der Waals surface area contributed by atoms with Crippen molar-refractivity contribution in [3.63, 3.8) is 0 Å². The summed E-state index contributed by atoms with van der Waals surface area (Å²) >= 11 is 0. The number of nitrogen functional groups attached to an aromatic ring is 1. The Labute approximate surface area is 79.8 Å². The molecule has 1 rings (SSSR count). The molecule has 0 aliphatic carbocycles. The van der Waals surface area contributed by atoms with E-state index in [4.69, 9.17) is 5.73 Å². The van der Waals surface area contributed by atoms with E-state index < -0.39 is 6.36 Å². The van der Waals surface area contributed by atoms with Crippen LogP contribution in [0, 0.1) is 0 Å². The SMILES string of the molecule is C=C.Nc1ccc(OC(F)(F)F)cc1. The molecule has 78 valence electrons. The Morgan fingerprint density at radius 2 is 1.50 bits per heavy atom. The van der Waals surface area contributed by atoms with E-state index in [9.17, 15) is 13.2 Å². The molecule has 0 unspecified atom stereocenters. The molecule has 0 saturated heterocycles. The van der Waals surface area contributed by atoms with Crippen molar-refractivity contribution in [3.8, 4) is 5.75 Å². The topological polar surface area (TPSA) is 35.2 Å². The lowest BCUT2D eigenvalue weighted by molar-refractivity contribution is -0.274. The van der Waals surface area contributed by atoms with Gasteiger partial charge in [0.15, 0.2) is 0 Å². The second kappa shape index (κ2) is 5.16. The quantitative estimate of drug-likeness (QED) is 0.565. The Hall–Kier alpha value is -1.65. The van der Waals surface area contributed by atoms with Gasteiger partial charge in [-0.05, 0) is 24.3 Å². The first kappa shape index (κ1) is 12.3. The fourth-order valence-electron chi connectivity index (χ4n) is 0.669. The molecule has 2 nitrogen and oxygen atoms in total. The first-order chi connectivity index (χ1) is 6.47. The van der Waals surface area contributed by atoms with Crippen LogP contribution in [-0.2, 0) is 0 Å². The molecule has 5 heteroatoms. The highest BCUT2D eigenvalue weighted by molar-refractivity contribution is 5.41. The standard InChI is InChI=1S/C7H6F3NO.C2H4/c8-7(9,10)12-6-3-1-5(11)2-4-6;1-2/h1-4H,11H2;1-2H2. The minimum Gasteiger partial charge on any atom is -0.406 e. The van der Waals surface area contributed by atoms with E-state index in [1.807, 2.05) is 0 Å². The van der Waals surface area contributed by atoms with Crippen LogP contribution in [0.1, 0.15) is 0 Å². The molecule has 0 aliphatic rings. The fourth-order valence-corrected chi connectivity index (χ4v) is 0.669. The zero-order chi connectivity index (χ0) is 11.2. The van der Waals surface area contributed by atoms with Gasteiger partial charge in [0, 0.05) is 5.69 Å². The summed E-state index contributed by atoms with van der Waals surface area (Å²) in [5.41, 5.74) is 5.65. The van der Waals surface area contributed by atoms with Crippen molar-refractivity contribution in [2.75, 3.05) is 5.73 Å². The lowest BCUT2D eigenvalue weighted by atomic mass is 10.3. The molecule has 14 heavy (non-hydrogen) atoms. The predicted molar refractivity (Wildman–Crippen MR) is 48.8 cm³/mol. The van der Waals surface area contributed by atoms with Gasteiger partial charge >= 0.3 is 6.36 Å². The van der Waals surface area contributed by atoms with Crippen LogP contribution in [0.15, 0.2) is 37.4 Å². The van der Waals surface area contributed by atoms with E-state index in [1.165, 1.54) is 12.1 Å². The lowest BCUT2D eigenvalue weighted by Gasteiger charge is -2.07. The lowest BCUT2D eigenvalue weighted by Crippen LogP contribution is -2.16. The minimum atomic E-state index is -4.64. The van der Waals surface area contributed by atoms with Crippen molar-refractivity contribution in [1.29, 1.82) is 0 Å². The molecule has 0 atom stereocenters. The molecule has 0 saturated carbocycles. The molecule has 2 N–H and O–H groups in total.